The first-order valence-corrected chi connectivity index (χ1v) is 5.75. The van der Waals surface area contributed by atoms with Gasteiger partial charge in [0.2, 0.25) is 0 Å². The molecule has 0 aliphatic carbocycles. The number of nitrogens with one attached hydrogen (secondary N) is 1. The Bertz CT molecular complexity index is 365. The molecule has 1 rings (SSSR count). The highest BCUT2D eigenvalue weighted by Crippen LogP contribution is 2.15. The largest absolute Gasteiger partial charge is 0.374 e. The Morgan fingerprint density at radius 3 is 2.61 bits per heavy atom. The van der Waals surface area contributed by atoms with E-state index in [1.165, 1.54) is 0 Å². The normalized spacial score (nSPS) is 12.3. The number of hydrogen-bond donors (Lipinski definition) is 1. The highest BCUT2D eigenvalue weighted by atomic mass is 19.3. The van der Waals surface area contributed by atoms with Crippen LogP contribution in [0.1, 0.15) is 18.0 Å². The van der Waals surface area contributed by atoms with E-state index >= 15 is 0 Å². The van der Waals surface area contributed by atoms with E-state index in [0.29, 0.717) is 13.0 Å². The Kier molecular flexibility index (Phi) is 6.92. The number of hydrogen-bond acceptors (Lipinski definition) is 3. The van der Waals surface area contributed by atoms with Crippen molar-refractivity contribution in [3.05, 3.63) is 35.9 Å². The van der Waals surface area contributed by atoms with Crippen LogP contribution >= 0.6 is 0 Å². The first kappa shape index (κ1) is 14.6. The van der Waals surface area contributed by atoms with Gasteiger partial charge in [0, 0.05) is 12.6 Å². The average Bonchev–Trinajstić information content (AvgIpc) is 2.38. The smallest absolute Gasteiger partial charge is 0.261 e. The van der Waals surface area contributed by atoms with Crippen LogP contribution in [0.25, 0.3) is 0 Å². The van der Waals surface area contributed by atoms with Gasteiger partial charge in [0.25, 0.3) is 6.43 Å². The molecule has 1 atom stereocenters. The van der Waals surface area contributed by atoms with E-state index in [1.54, 1.807) is 0 Å². The molecule has 0 saturated heterocycles. The molecule has 1 aromatic rings. The molecule has 1 N–H and O–H groups in total. The van der Waals surface area contributed by atoms with Gasteiger partial charge in [-0.2, -0.15) is 5.26 Å². The van der Waals surface area contributed by atoms with Gasteiger partial charge >= 0.3 is 0 Å². The van der Waals surface area contributed by atoms with Crippen molar-refractivity contribution < 1.29 is 13.5 Å². The molecule has 0 amide bonds. The van der Waals surface area contributed by atoms with Gasteiger partial charge in [-0.05, 0) is 5.56 Å². The fourth-order valence-corrected chi connectivity index (χ4v) is 1.56. The van der Waals surface area contributed by atoms with Crippen LogP contribution < -0.4 is 5.32 Å². The Labute approximate surface area is 105 Å². The zero-order valence-corrected chi connectivity index (χ0v) is 9.98. The summed E-state index contributed by atoms with van der Waals surface area (Å²) in [6.45, 7) is 0.100. The second kappa shape index (κ2) is 8.56. The van der Waals surface area contributed by atoms with E-state index in [-0.39, 0.29) is 12.6 Å². The molecule has 1 unspecified atom stereocenters. The summed E-state index contributed by atoms with van der Waals surface area (Å²) in [6.07, 6.45) is -2.10. The predicted molar refractivity (Wildman–Crippen MR) is 64.2 cm³/mol. The maximum Gasteiger partial charge on any atom is 0.261 e. The first-order chi connectivity index (χ1) is 8.74. The van der Waals surface area contributed by atoms with Gasteiger partial charge in [-0.15, -0.1) is 0 Å². The Morgan fingerprint density at radius 2 is 2.00 bits per heavy atom. The van der Waals surface area contributed by atoms with Crippen LogP contribution in [0.2, 0.25) is 0 Å². The fourth-order valence-electron chi connectivity index (χ4n) is 1.56. The number of benzene rings is 1. The van der Waals surface area contributed by atoms with Gasteiger partial charge in [-0.25, -0.2) is 8.78 Å². The van der Waals surface area contributed by atoms with E-state index < -0.39 is 13.0 Å². The van der Waals surface area contributed by atoms with E-state index in [2.05, 4.69) is 11.4 Å². The standard InChI is InChI=1S/C13H16F2N2O/c14-13(15)10-18-9-8-17-12(6-7-16)11-4-2-1-3-5-11/h1-5,12-13,17H,6,8-10H2. The van der Waals surface area contributed by atoms with E-state index in [9.17, 15) is 8.78 Å². The van der Waals surface area contributed by atoms with E-state index in [1.807, 2.05) is 30.3 Å². The maximum absolute atomic E-state index is 11.8. The van der Waals surface area contributed by atoms with Crippen molar-refractivity contribution in [2.24, 2.45) is 0 Å². The third-order valence-electron chi connectivity index (χ3n) is 2.38. The molecule has 3 nitrogen and oxygen atoms in total. The number of nitriles is 1. The quantitative estimate of drug-likeness (QED) is 0.725. The van der Waals surface area contributed by atoms with Gasteiger partial charge in [-0.1, -0.05) is 30.3 Å². The minimum Gasteiger partial charge on any atom is -0.374 e. The highest BCUT2D eigenvalue weighted by molar-refractivity contribution is 5.19. The van der Waals surface area contributed by atoms with Crippen molar-refractivity contribution in [3.8, 4) is 6.07 Å². The third kappa shape index (κ3) is 5.71. The summed E-state index contributed by atoms with van der Waals surface area (Å²) in [4.78, 5) is 0. The van der Waals surface area contributed by atoms with Gasteiger partial charge in [-0.3, -0.25) is 0 Å². The molecule has 0 saturated carbocycles. The summed E-state index contributed by atoms with van der Waals surface area (Å²) in [5.41, 5.74) is 1.01. The fraction of sp³-hybridized carbons (Fsp3) is 0.462. The van der Waals surface area contributed by atoms with Crippen LogP contribution in [0.5, 0.6) is 0 Å². The molecule has 18 heavy (non-hydrogen) atoms. The van der Waals surface area contributed by atoms with E-state index in [0.717, 1.165) is 5.56 Å². The molecular formula is C13H16F2N2O. The maximum atomic E-state index is 11.8. The number of ether oxygens (including phenoxy) is 1. The Morgan fingerprint density at radius 1 is 1.28 bits per heavy atom. The summed E-state index contributed by atoms with van der Waals surface area (Å²) in [7, 11) is 0. The van der Waals surface area contributed by atoms with Crippen molar-refractivity contribution in [2.75, 3.05) is 19.8 Å². The highest BCUT2D eigenvalue weighted by Gasteiger charge is 2.09. The molecule has 0 fully saturated rings. The molecule has 0 aromatic heterocycles. The van der Waals surface area contributed by atoms with Crippen molar-refractivity contribution in [2.45, 2.75) is 18.9 Å². The molecule has 0 spiro atoms. The zero-order chi connectivity index (χ0) is 13.2. The summed E-state index contributed by atoms with van der Waals surface area (Å²) in [5, 5.41) is 11.9. The lowest BCUT2D eigenvalue weighted by Gasteiger charge is -2.16. The zero-order valence-electron chi connectivity index (χ0n) is 9.98. The van der Waals surface area contributed by atoms with Gasteiger partial charge in [0.15, 0.2) is 0 Å². The molecular weight excluding hydrogens is 238 g/mol. The van der Waals surface area contributed by atoms with Crippen molar-refractivity contribution in [1.82, 2.24) is 5.32 Å². The van der Waals surface area contributed by atoms with Crippen molar-refractivity contribution >= 4 is 0 Å². The van der Waals surface area contributed by atoms with Crippen LogP contribution in [0.15, 0.2) is 30.3 Å². The molecule has 0 heterocycles. The van der Waals surface area contributed by atoms with Crippen LogP contribution in [0.3, 0.4) is 0 Å². The summed E-state index contributed by atoms with van der Waals surface area (Å²) >= 11 is 0. The predicted octanol–water partition coefficient (Wildman–Crippen LogP) is 2.51. The molecule has 0 aliphatic heterocycles. The summed E-state index contributed by atoms with van der Waals surface area (Å²) < 4.78 is 28.4. The number of rotatable bonds is 8. The minimum absolute atomic E-state index is 0.0913. The molecule has 0 aliphatic rings. The van der Waals surface area contributed by atoms with E-state index in [4.69, 9.17) is 10.00 Å². The number of nitrogens with zero attached hydrogens (tertiary/aromatic N) is 1. The number of halogens is 2. The molecule has 1 aromatic carbocycles. The van der Waals surface area contributed by atoms with Gasteiger partial charge in [0.1, 0.15) is 6.61 Å². The SMILES string of the molecule is N#CCC(NCCOCC(F)F)c1ccccc1. The minimum atomic E-state index is -2.44. The summed E-state index contributed by atoms with van der Waals surface area (Å²) in [5.74, 6) is 0. The molecule has 98 valence electrons. The lowest BCUT2D eigenvalue weighted by Crippen LogP contribution is -2.25. The van der Waals surface area contributed by atoms with Crippen molar-refractivity contribution in [3.63, 3.8) is 0 Å². The van der Waals surface area contributed by atoms with Crippen LogP contribution in [0.4, 0.5) is 8.78 Å². The second-order valence-electron chi connectivity index (χ2n) is 3.75. The van der Waals surface area contributed by atoms with Gasteiger partial charge < -0.3 is 10.1 Å². The van der Waals surface area contributed by atoms with Crippen molar-refractivity contribution in [1.29, 1.82) is 5.26 Å². The third-order valence-corrected chi connectivity index (χ3v) is 2.38. The Balaban J connectivity index is 2.33. The monoisotopic (exact) mass is 254 g/mol. The average molecular weight is 254 g/mol. The first-order valence-electron chi connectivity index (χ1n) is 5.75. The van der Waals surface area contributed by atoms with Crippen LogP contribution in [-0.2, 0) is 4.74 Å². The van der Waals surface area contributed by atoms with Crippen LogP contribution in [0, 0.1) is 11.3 Å². The molecule has 0 bridgehead atoms. The Hall–Kier alpha value is -1.51. The lowest BCUT2D eigenvalue weighted by molar-refractivity contribution is 0.0182. The topological polar surface area (TPSA) is 45.0 Å². The second-order valence-corrected chi connectivity index (χ2v) is 3.75. The lowest BCUT2D eigenvalue weighted by atomic mass is 10.0. The summed E-state index contributed by atoms with van der Waals surface area (Å²) in [6, 6.07) is 11.6. The van der Waals surface area contributed by atoms with Gasteiger partial charge in [0.05, 0.1) is 19.1 Å². The molecule has 5 heteroatoms. The number of alkyl halides is 2. The molecule has 0 radical (unpaired) electrons. The van der Waals surface area contributed by atoms with Crippen LogP contribution in [-0.4, -0.2) is 26.2 Å².